The molecule has 4 nitrogen and oxygen atoms in total. The SMILES string of the molecule is N#CCc1ncc(OC(F)(F)F)c(C(F)(F)F)c1O. The number of hydrogen-bond acceptors (Lipinski definition) is 4. The normalized spacial score (nSPS) is 12.1. The van der Waals surface area contributed by atoms with Crippen LogP contribution in [-0.2, 0) is 12.6 Å². The van der Waals surface area contributed by atoms with E-state index in [1.54, 1.807) is 0 Å². The highest BCUT2D eigenvalue weighted by molar-refractivity contribution is 5.48. The van der Waals surface area contributed by atoms with Crippen molar-refractivity contribution in [2.45, 2.75) is 19.0 Å². The second-order valence-electron chi connectivity index (χ2n) is 3.17. The molecule has 104 valence electrons. The van der Waals surface area contributed by atoms with Crippen LogP contribution in [0.15, 0.2) is 6.20 Å². The molecule has 0 bridgehead atoms. The first-order valence-electron chi connectivity index (χ1n) is 4.47. The summed E-state index contributed by atoms with van der Waals surface area (Å²) < 4.78 is 76.7. The molecule has 0 unspecified atom stereocenters. The zero-order chi connectivity index (χ0) is 14.8. The van der Waals surface area contributed by atoms with E-state index >= 15 is 0 Å². The molecule has 0 aliphatic rings. The van der Waals surface area contributed by atoms with Crippen LogP contribution in [0.25, 0.3) is 0 Å². The van der Waals surface area contributed by atoms with Gasteiger partial charge in [0.05, 0.1) is 24.4 Å². The molecule has 1 rings (SSSR count). The van der Waals surface area contributed by atoms with Crippen molar-refractivity contribution in [2.24, 2.45) is 0 Å². The maximum Gasteiger partial charge on any atom is 0.573 e. The van der Waals surface area contributed by atoms with Gasteiger partial charge in [0.25, 0.3) is 0 Å². The first kappa shape index (κ1) is 14.9. The lowest BCUT2D eigenvalue weighted by molar-refractivity contribution is -0.276. The second-order valence-corrected chi connectivity index (χ2v) is 3.17. The number of aromatic nitrogens is 1. The average molecular weight is 286 g/mol. The highest BCUT2D eigenvalue weighted by Gasteiger charge is 2.42. The summed E-state index contributed by atoms with van der Waals surface area (Å²) in [6, 6.07) is 1.42. The number of nitriles is 1. The fourth-order valence-corrected chi connectivity index (χ4v) is 1.20. The summed E-state index contributed by atoms with van der Waals surface area (Å²) in [5.41, 5.74) is -2.71. The van der Waals surface area contributed by atoms with Gasteiger partial charge in [-0.2, -0.15) is 18.4 Å². The van der Waals surface area contributed by atoms with E-state index in [4.69, 9.17) is 5.26 Å². The lowest BCUT2D eigenvalue weighted by atomic mass is 10.1. The van der Waals surface area contributed by atoms with E-state index in [-0.39, 0.29) is 6.20 Å². The van der Waals surface area contributed by atoms with Gasteiger partial charge in [0.1, 0.15) is 5.56 Å². The first-order chi connectivity index (χ1) is 8.56. The quantitative estimate of drug-likeness (QED) is 0.849. The number of ether oxygens (including phenoxy) is 1. The van der Waals surface area contributed by atoms with Crippen LogP contribution in [0, 0.1) is 11.3 Å². The number of alkyl halides is 6. The van der Waals surface area contributed by atoms with Crippen LogP contribution in [0.2, 0.25) is 0 Å². The molecule has 0 aliphatic carbocycles. The topological polar surface area (TPSA) is 66.1 Å². The zero-order valence-corrected chi connectivity index (χ0v) is 8.80. The van der Waals surface area contributed by atoms with E-state index in [2.05, 4.69) is 9.72 Å². The molecule has 19 heavy (non-hydrogen) atoms. The minimum atomic E-state index is -5.37. The Morgan fingerprint density at radius 2 is 1.84 bits per heavy atom. The zero-order valence-electron chi connectivity index (χ0n) is 8.80. The first-order valence-corrected chi connectivity index (χ1v) is 4.47. The molecule has 0 spiro atoms. The fraction of sp³-hybridized carbons (Fsp3) is 0.333. The van der Waals surface area contributed by atoms with Crippen LogP contribution in [0.3, 0.4) is 0 Å². The largest absolute Gasteiger partial charge is 0.573 e. The Balaban J connectivity index is 3.41. The summed E-state index contributed by atoms with van der Waals surface area (Å²) in [5, 5.41) is 17.6. The van der Waals surface area contributed by atoms with Gasteiger partial charge < -0.3 is 9.84 Å². The van der Waals surface area contributed by atoms with Crippen LogP contribution < -0.4 is 4.74 Å². The number of hydrogen-bond donors (Lipinski definition) is 1. The predicted molar refractivity (Wildman–Crippen MR) is 46.9 cm³/mol. The van der Waals surface area contributed by atoms with Gasteiger partial charge in [-0.05, 0) is 0 Å². The third-order valence-electron chi connectivity index (χ3n) is 1.85. The number of pyridine rings is 1. The van der Waals surface area contributed by atoms with E-state index < -0.39 is 41.7 Å². The van der Waals surface area contributed by atoms with E-state index in [1.807, 2.05) is 0 Å². The smallest absolute Gasteiger partial charge is 0.505 e. The Kier molecular flexibility index (Phi) is 3.78. The van der Waals surface area contributed by atoms with Gasteiger partial charge in [-0.15, -0.1) is 13.2 Å². The van der Waals surface area contributed by atoms with Gasteiger partial charge in [0.15, 0.2) is 11.5 Å². The molecule has 0 aliphatic heterocycles. The van der Waals surface area contributed by atoms with Crippen molar-refractivity contribution in [2.75, 3.05) is 0 Å². The summed E-state index contributed by atoms with van der Waals surface area (Å²) in [4.78, 5) is 3.13. The standard InChI is InChI=1S/C9H4F6N2O2/c10-8(11,12)6-5(19-9(13,14)15)3-17-4(1-2-16)7(6)18/h3,18H,1H2. The molecule has 1 aromatic rings. The minimum absolute atomic E-state index is 0.155. The van der Waals surface area contributed by atoms with Crippen molar-refractivity contribution < 1.29 is 36.2 Å². The molecule has 1 aromatic heterocycles. The van der Waals surface area contributed by atoms with Crippen molar-refractivity contribution in [3.63, 3.8) is 0 Å². The molecule has 1 heterocycles. The van der Waals surface area contributed by atoms with Crippen LogP contribution in [-0.4, -0.2) is 16.5 Å². The number of halogens is 6. The Bertz CT molecular complexity index is 517. The van der Waals surface area contributed by atoms with E-state index in [0.29, 0.717) is 0 Å². The van der Waals surface area contributed by atoms with Crippen LogP contribution in [0.1, 0.15) is 11.3 Å². The monoisotopic (exact) mass is 286 g/mol. The Morgan fingerprint density at radius 1 is 1.26 bits per heavy atom. The Hall–Kier alpha value is -2.18. The molecule has 0 atom stereocenters. The molecular formula is C9H4F6N2O2. The molecule has 0 saturated carbocycles. The maximum absolute atomic E-state index is 12.6. The predicted octanol–water partition coefficient (Wildman–Crippen LogP) is 2.77. The Labute approximate surface area is 101 Å². The fourth-order valence-electron chi connectivity index (χ4n) is 1.20. The Morgan fingerprint density at radius 3 is 2.26 bits per heavy atom. The van der Waals surface area contributed by atoms with E-state index in [1.165, 1.54) is 6.07 Å². The van der Waals surface area contributed by atoms with Gasteiger partial charge in [-0.25, -0.2) is 0 Å². The maximum atomic E-state index is 12.6. The van der Waals surface area contributed by atoms with Gasteiger partial charge in [0, 0.05) is 0 Å². The summed E-state index contributed by atoms with van der Waals surface area (Å²) >= 11 is 0. The van der Waals surface area contributed by atoms with Crippen LogP contribution >= 0.6 is 0 Å². The van der Waals surface area contributed by atoms with Crippen LogP contribution in [0.5, 0.6) is 11.5 Å². The number of rotatable bonds is 2. The van der Waals surface area contributed by atoms with Crippen molar-refractivity contribution in [3.8, 4) is 17.6 Å². The van der Waals surface area contributed by atoms with Crippen molar-refractivity contribution in [3.05, 3.63) is 17.5 Å². The van der Waals surface area contributed by atoms with Gasteiger partial charge >= 0.3 is 12.5 Å². The molecular weight excluding hydrogens is 282 g/mol. The van der Waals surface area contributed by atoms with E-state index in [0.717, 1.165) is 0 Å². The molecule has 0 radical (unpaired) electrons. The summed E-state index contributed by atoms with van der Waals surface area (Å²) in [5.74, 6) is -3.24. The molecule has 0 saturated heterocycles. The minimum Gasteiger partial charge on any atom is -0.505 e. The van der Waals surface area contributed by atoms with Crippen molar-refractivity contribution in [1.82, 2.24) is 4.98 Å². The summed E-state index contributed by atoms with van der Waals surface area (Å²) in [6.45, 7) is 0. The number of nitrogens with zero attached hydrogens (tertiary/aromatic N) is 2. The molecule has 0 fully saturated rings. The summed E-state index contributed by atoms with van der Waals surface area (Å²) in [7, 11) is 0. The van der Waals surface area contributed by atoms with Gasteiger partial charge in [-0.1, -0.05) is 0 Å². The average Bonchev–Trinajstić information content (AvgIpc) is 2.18. The van der Waals surface area contributed by atoms with E-state index in [9.17, 15) is 31.4 Å². The number of aromatic hydroxyl groups is 1. The third-order valence-corrected chi connectivity index (χ3v) is 1.85. The lowest BCUT2D eigenvalue weighted by Crippen LogP contribution is -2.21. The highest BCUT2D eigenvalue weighted by Crippen LogP contribution is 2.44. The van der Waals surface area contributed by atoms with Crippen molar-refractivity contribution in [1.29, 1.82) is 5.26 Å². The molecule has 10 heteroatoms. The lowest BCUT2D eigenvalue weighted by Gasteiger charge is -2.17. The second kappa shape index (κ2) is 4.83. The molecule has 0 amide bonds. The summed E-state index contributed by atoms with van der Waals surface area (Å²) in [6.07, 6.45) is -11.2. The van der Waals surface area contributed by atoms with Gasteiger partial charge in [0.2, 0.25) is 0 Å². The van der Waals surface area contributed by atoms with Crippen molar-refractivity contribution >= 4 is 0 Å². The third kappa shape index (κ3) is 3.64. The highest BCUT2D eigenvalue weighted by atomic mass is 19.4. The van der Waals surface area contributed by atoms with Crippen LogP contribution in [0.4, 0.5) is 26.3 Å². The van der Waals surface area contributed by atoms with Gasteiger partial charge in [-0.3, -0.25) is 4.98 Å². The molecule has 0 aromatic carbocycles. The molecule has 1 N–H and O–H groups in total.